The lowest BCUT2D eigenvalue weighted by Crippen LogP contribution is -2.47. The Morgan fingerprint density at radius 3 is 2.25 bits per heavy atom. The van der Waals surface area contributed by atoms with E-state index in [1.807, 2.05) is 0 Å². The zero-order valence-corrected chi connectivity index (χ0v) is 20.9. The number of alkyl halides is 3. The van der Waals surface area contributed by atoms with Crippen LogP contribution in [-0.4, -0.2) is 28.4 Å². The quantitative estimate of drug-likeness (QED) is 0.358. The van der Waals surface area contributed by atoms with Crippen molar-refractivity contribution in [3.63, 3.8) is 0 Å². The second-order valence-electron chi connectivity index (χ2n) is 8.00. The van der Waals surface area contributed by atoms with Crippen LogP contribution in [0.2, 0.25) is 10.0 Å². The maximum atomic E-state index is 14.3. The molecule has 0 saturated heterocycles. The predicted octanol–water partition coefficient (Wildman–Crippen LogP) is 6.21. The lowest BCUT2D eigenvalue weighted by molar-refractivity contribution is -0.274. The SMILES string of the molecule is CCOC(=O)c1cc(Oc2ccc(Cl)c(C(C)C(O)(c3ccc(=O)n(C)c3)C(F)(F)F)c2)ccc1Cl. The topological polar surface area (TPSA) is 77.8 Å². The summed E-state index contributed by atoms with van der Waals surface area (Å²) in [6.07, 6.45) is -4.18. The molecule has 36 heavy (non-hydrogen) atoms. The number of esters is 1. The number of benzene rings is 2. The van der Waals surface area contributed by atoms with Crippen LogP contribution in [0.5, 0.6) is 11.5 Å². The van der Waals surface area contributed by atoms with Gasteiger partial charge >= 0.3 is 12.1 Å². The molecule has 0 saturated carbocycles. The van der Waals surface area contributed by atoms with Crippen LogP contribution in [0.1, 0.15) is 41.3 Å². The molecule has 2 unspecified atom stereocenters. The molecule has 0 aliphatic heterocycles. The second kappa shape index (κ2) is 10.5. The average Bonchev–Trinajstić information content (AvgIpc) is 2.81. The normalized spacial score (nSPS) is 14.1. The third kappa shape index (κ3) is 5.38. The van der Waals surface area contributed by atoms with Gasteiger partial charge in [-0.05, 0) is 55.0 Å². The third-order valence-electron chi connectivity index (χ3n) is 5.69. The van der Waals surface area contributed by atoms with E-state index in [0.29, 0.717) is 0 Å². The van der Waals surface area contributed by atoms with Crippen molar-refractivity contribution in [1.29, 1.82) is 0 Å². The molecule has 2 atom stereocenters. The minimum Gasteiger partial charge on any atom is -0.462 e. The van der Waals surface area contributed by atoms with Crippen LogP contribution in [0, 0.1) is 0 Å². The van der Waals surface area contributed by atoms with Crippen LogP contribution in [0.3, 0.4) is 0 Å². The Bertz CT molecular complexity index is 1340. The monoisotopic (exact) mass is 543 g/mol. The fraction of sp³-hybridized carbons (Fsp3) is 0.280. The van der Waals surface area contributed by atoms with E-state index in [1.54, 1.807) is 6.92 Å². The summed E-state index contributed by atoms with van der Waals surface area (Å²) in [4.78, 5) is 23.8. The van der Waals surface area contributed by atoms with Crippen LogP contribution in [0.15, 0.2) is 59.5 Å². The number of hydrogen-bond donors (Lipinski definition) is 1. The van der Waals surface area contributed by atoms with Gasteiger partial charge in [0, 0.05) is 35.8 Å². The fourth-order valence-electron chi connectivity index (χ4n) is 3.69. The van der Waals surface area contributed by atoms with Gasteiger partial charge in [-0.2, -0.15) is 13.2 Å². The van der Waals surface area contributed by atoms with Crippen LogP contribution < -0.4 is 10.3 Å². The first kappa shape index (κ1) is 27.6. The lowest BCUT2D eigenvalue weighted by atomic mass is 9.78. The van der Waals surface area contributed by atoms with E-state index < -0.39 is 34.8 Å². The highest BCUT2D eigenvalue weighted by Gasteiger charge is 2.59. The Morgan fingerprint density at radius 2 is 1.67 bits per heavy atom. The zero-order chi connectivity index (χ0) is 26.8. The summed E-state index contributed by atoms with van der Waals surface area (Å²) in [6.45, 7) is 2.95. The molecule has 1 N–H and O–H groups in total. The molecule has 3 rings (SSSR count). The number of ether oxygens (including phenoxy) is 2. The molecule has 0 spiro atoms. The third-order valence-corrected chi connectivity index (χ3v) is 6.36. The molecule has 0 radical (unpaired) electrons. The summed E-state index contributed by atoms with van der Waals surface area (Å²) in [7, 11) is 1.28. The van der Waals surface area contributed by atoms with Crippen molar-refractivity contribution in [3.8, 4) is 11.5 Å². The Morgan fingerprint density at radius 1 is 1.06 bits per heavy atom. The molecule has 192 valence electrons. The lowest BCUT2D eigenvalue weighted by Gasteiger charge is -2.37. The molecule has 0 aliphatic carbocycles. The number of hydrogen-bond acceptors (Lipinski definition) is 5. The number of aliphatic hydroxyl groups is 1. The van der Waals surface area contributed by atoms with Gasteiger partial charge in [0.15, 0.2) is 5.60 Å². The van der Waals surface area contributed by atoms with Crippen molar-refractivity contribution in [2.24, 2.45) is 7.05 Å². The summed E-state index contributed by atoms with van der Waals surface area (Å²) in [5.41, 5.74) is -4.43. The van der Waals surface area contributed by atoms with Crippen LogP contribution in [0.4, 0.5) is 13.2 Å². The molecule has 1 aromatic heterocycles. The van der Waals surface area contributed by atoms with Gasteiger partial charge in [-0.25, -0.2) is 4.79 Å². The number of aryl methyl sites for hydroxylation is 1. The molecular formula is C25H22Cl2F3NO5. The minimum absolute atomic E-state index is 0.0364. The van der Waals surface area contributed by atoms with Crippen LogP contribution >= 0.6 is 23.2 Å². The highest BCUT2D eigenvalue weighted by atomic mass is 35.5. The van der Waals surface area contributed by atoms with Crippen LogP contribution in [0.25, 0.3) is 0 Å². The van der Waals surface area contributed by atoms with Crippen LogP contribution in [-0.2, 0) is 17.4 Å². The highest BCUT2D eigenvalue weighted by molar-refractivity contribution is 6.33. The van der Waals surface area contributed by atoms with Gasteiger partial charge in [0.2, 0.25) is 5.56 Å². The van der Waals surface area contributed by atoms with Crippen molar-refractivity contribution in [2.75, 3.05) is 6.61 Å². The Balaban J connectivity index is 2.03. The van der Waals surface area contributed by atoms with Gasteiger partial charge in [0.25, 0.3) is 0 Å². The van der Waals surface area contributed by atoms with Gasteiger partial charge in [0.1, 0.15) is 11.5 Å². The first-order valence-electron chi connectivity index (χ1n) is 10.7. The Hall–Kier alpha value is -3.01. The molecule has 3 aromatic rings. The smallest absolute Gasteiger partial charge is 0.422 e. The van der Waals surface area contributed by atoms with Crippen molar-refractivity contribution in [1.82, 2.24) is 4.57 Å². The second-order valence-corrected chi connectivity index (χ2v) is 8.81. The maximum Gasteiger partial charge on any atom is 0.422 e. The standard InChI is InChI=1S/C25H22Cl2F3NO5/c1-4-35-23(33)19-12-17(7-9-21(19)27)36-16-6-8-20(26)18(11-16)14(2)24(34,25(28,29)30)15-5-10-22(32)31(3)13-15/h5-14,34H,4H2,1-3H3. The van der Waals surface area contributed by atoms with Crippen molar-refractivity contribution in [2.45, 2.75) is 31.5 Å². The molecule has 0 aliphatic rings. The van der Waals surface area contributed by atoms with E-state index in [2.05, 4.69) is 0 Å². The van der Waals surface area contributed by atoms with Crippen molar-refractivity contribution in [3.05, 3.63) is 91.8 Å². The summed E-state index contributed by atoms with van der Waals surface area (Å²) in [5, 5.41) is 11.1. The molecule has 6 nitrogen and oxygen atoms in total. The highest BCUT2D eigenvalue weighted by Crippen LogP contribution is 2.50. The van der Waals surface area contributed by atoms with Gasteiger partial charge in [-0.1, -0.05) is 30.1 Å². The number of aromatic nitrogens is 1. The van der Waals surface area contributed by atoms with E-state index in [1.165, 1.54) is 50.4 Å². The number of halogens is 5. The number of nitrogens with zero attached hydrogens (tertiary/aromatic N) is 1. The average molecular weight is 544 g/mol. The largest absolute Gasteiger partial charge is 0.462 e. The summed E-state index contributed by atoms with van der Waals surface area (Å²) >= 11 is 12.3. The van der Waals surface area contributed by atoms with E-state index in [4.69, 9.17) is 32.7 Å². The van der Waals surface area contributed by atoms with E-state index in [-0.39, 0.29) is 39.3 Å². The molecule has 2 aromatic carbocycles. The summed E-state index contributed by atoms with van der Waals surface area (Å²) < 4.78 is 54.5. The number of carbonyl (C=O) groups is 1. The van der Waals surface area contributed by atoms with Gasteiger partial charge in [0.05, 0.1) is 17.2 Å². The molecule has 0 amide bonds. The molecule has 1 heterocycles. The van der Waals surface area contributed by atoms with Crippen molar-refractivity contribution >= 4 is 29.2 Å². The minimum atomic E-state index is -5.12. The first-order valence-corrected chi connectivity index (χ1v) is 11.4. The number of carbonyl (C=O) groups excluding carboxylic acids is 1. The fourth-order valence-corrected chi connectivity index (χ4v) is 4.17. The summed E-state index contributed by atoms with van der Waals surface area (Å²) in [6, 6.07) is 10.1. The molecular weight excluding hydrogens is 522 g/mol. The number of pyridine rings is 1. The maximum absolute atomic E-state index is 14.3. The Labute approximate surface area is 214 Å². The first-order chi connectivity index (χ1) is 16.8. The zero-order valence-electron chi connectivity index (χ0n) is 19.4. The molecule has 0 fully saturated rings. The van der Waals surface area contributed by atoms with E-state index >= 15 is 0 Å². The summed E-state index contributed by atoms with van der Waals surface area (Å²) in [5.74, 6) is -1.99. The van der Waals surface area contributed by atoms with Crippen molar-refractivity contribution < 1.29 is 32.5 Å². The van der Waals surface area contributed by atoms with E-state index in [9.17, 15) is 27.9 Å². The molecule has 0 bridgehead atoms. The van der Waals surface area contributed by atoms with Gasteiger partial charge in [-0.15, -0.1) is 0 Å². The predicted molar refractivity (Wildman–Crippen MR) is 129 cm³/mol. The molecule has 11 heteroatoms. The number of rotatable bonds is 7. The van der Waals surface area contributed by atoms with Gasteiger partial charge in [-0.3, -0.25) is 4.79 Å². The van der Waals surface area contributed by atoms with E-state index in [0.717, 1.165) is 22.9 Å². The van der Waals surface area contributed by atoms with Gasteiger partial charge < -0.3 is 19.1 Å². The Kier molecular flexibility index (Phi) is 8.07.